The van der Waals surface area contributed by atoms with E-state index in [2.05, 4.69) is 11.8 Å². The predicted molar refractivity (Wildman–Crippen MR) is 134 cm³/mol. The number of phenolic OH excluding ortho intramolecular Hbond substituents is 2. The van der Waals surface area contributed by atoms with Crippen molar-refractivity contribution < 1.29 is 24.1 Å². The minimum Gasteiger partial charge on any atom is -0.508 e. The smallest absolute Gasteiger partial charge is 0.165 e. The van der Waals surface area contributed by atoms with Gasteiger partial charge in [0.05, 0.1) is 0 Å². The van der Waals surface area contributed by atoms with Crippen molar-refractivity contribution in [3.05, 3.63) is 83.2 Å². The Bertz CT molecular complexity index is 1250. The van der Waals surface area contributed by atoms with Crippen LogP contribution in [0.4, 0.5) is 4.39 Å². The lowest BCUT2D eigenvalue weighted by molar-refractivity contribution is 0.233. The maximum atomic E-state index is 14.3. The summed E-state index contributed by atoms with van der Waals surface area (Å²) in [4.78, 5) is 2.43. The normalized spacial score (nSPS) is 20.0. The van der Waals surface area contributed by atoms with Crippen molar-refractivity contribution in [3.8, 4) is 23.0 Å². The molecule has 2 aliphatic rings. The van der Waals surface area contributed by atoms with E-state index in [4.69, 9.17) is 9.47 Å². The molecule has 1 saturated heterocycles. The molecule has 0 amide bonds. The summed E-state index contributed by atoms with van der Waals surface area (Å²) in [6.45, 7) is 8.05. The van der Waals surface area contributed by atoms with Crippen LogP contribution in [0.2, 0.25) is 0 Å². The molecule has 2 aliphatic heterocycles. The van der Waals surface area contributed by atoms with Gasteiger partial charge in [0.15, 0.2) is 11.6 Å². The number of halogens is 1. The number of phenols is 2. The van der Waals surface area contributed by atoms with Gasteiger partial charge in [0.25, 0.3) is 0 Å². The van der Waals surface area contributed by atoms with Crippen molar-refractivity contribution in [2.24, 2.45) is 5.92 Å². The largest absolute Gasteiger partial charge is 0.508 e. The van der Waals surface area contributed by atoms with Crippen LogP contribution in [0.25, 0.3) is 11.1 Å². The van der Waals surface area contributed by atoms with Crippen molar-refractivity contribution in [1.29, 1.82) is 0 Å². The van der Waals surface area contributed by atoms with E-state index in [0.29, 0.717) is 17.9 Å². The molecule has 2 N–H and O–H groups in total. The van der Waals surface area contributed by atoms with Crippen LogP contribution in [-0.2, 0) is 0 Å². The Morgan fingerprint density at radius 1 is 1.06 bits per heavy atom. The van der Waals surface area contributed by atoms with Crippen LogP contribution in [0, 0.1) is 11.7 Å². The second-order valence-corrected chi connectivity index (χ2v) is 9.50. The number of hydrogen-bond acceptors (Lipinski definition) is 5. The Morgan fingerprint density at radius 2 is 1.86 bits per heavy atom. The molecule has 3 aromatic rings. The van der Waals surface area contributed by atoms with Crippen LogP contribution < -0.4 is 9.47 Å². The fraction of sp³-hybridized carbons (Fsp3) is 0.310. The molecule has 35 heavy (non-hydrogen) atoms. The summed E-state index contributed by atoms with van der Waals surface area (Å²) < 4.78 is 26.6. The van der Waals surface area contributed by atoms with Gasteiger partial charge in [-0.2, -0.15) is 0 Å². The van der Waals surface area contributed by atoms with E-state index in [1.54, 1.807) is 24.3 Å². The number of likely N-dealkylation sites (tertiary alicyclic amines) is 1. The molecule has 0 aromatic heterocycles. The first kappa shape index (κ1) is 23.2. The molecule has 0 bridgehead atoms. The Balaban J connectivity index is 1.41. The fourth-order valence-electron chi connectivity index (χ4n) is 4.98. The molecule has 2 atom stereocenters. The molecule has 5 rings (SSSR count). The van der Waals surface area contributed by atoms with Crippen molar-refractivity contribution in [1.82, 2.24) is 4.90 Å². The molecule has 6 heteroatoms. The van der Waals surface area contributed by atoms with Crippen LogP contribution in [0.15, 0.2) is 60.7 Å². The number of allylic oxidation sites excluding steroid dienone is 1. The highest BCUT2D eigenvalue weighted by atomic mass is 19.1. The van der Waals surface area contributed by atoms with Gasteiger partial charge in [-0.05, 0) is 78.9 Å². The SMILES string of the molecule is CC1=C(c2ccc(O)c(F)c2)C(c2ccc(OCCN3CC[C@@H](C)C3)cc2)Oc2cc(O)ccc21. The lowest BCUT2D eigenvalue weighted by Gasteiger charge is -2.31. The van der Waals surface area contributed by atoms with Crippen molar-refractivity contribution in [2.75, 3.05) is 26.2 Å². The van der Waals surface area contributed by atoms with Gasteiger partial charge in [-0.25, -0.2) is 4.39 Å². The van der Waals surface area contributed by atoms with E-state index < -0.39 is 17.7 Å². The molecule has 182 valence electrons. The number of ether oxygens (including phenoxy) is 2. The van der Waals surface area contributed by atoms with Gasteiger partial charge in [0.1, 0.15) is 30.0 Å². The van der Waals surface area contributed by atoms with Crippen LogP contribution >= 0.6 is 0 Å². The summed E-state index contributed by atoms with van der Waals surface area (Å²) in [6, 6.07) is 17.1. The lowest BCUT2D eigenvalue weighted by Crippen LogP contribution is -2.25. The van der Waals surface area contributed by atoms with Crippen LogP contribution in [0.5, 0.6) is 23.0 Å². The first-order chi connectivity index (χ1) is 16.9. The minimum atomic E-state index is -0.686. The Hall–Kier alpha value is -3.51. The summed E-state index contributed by atoms with van der Waals surface area (Å²) in [7, 11) is 0. The highest BCUT2D eigenvalue weighted by Gasteiger charge is 2.30. The topological polar surface area (TPSA) is 62.2 Å². The zero-order valence-corrected chi connectivity index (χ0v) is 20.0. The summed E-state index contributed by atoms with van der Waals surface area (Å²) in [5, 5.41) is 19.7. The molecule has 0 aliphatic carbocycles. The van der Waals surface area contributed by atoms with Crippen LogP contribution in [0.1, 0.15) is 43.1 Å². The Morgan fingerprint density at radius 3 is 2.57 bits per heavy atom. The third-order valence-electron chi connectivity index (χ3n) is 6.91. The zero-order chi connectivity index (χ0) is 24.5. The van der Waals surface area contributed by atoms with Crippen molar-refractivity contribution in [3.63, 3.8) is 0 Å². The molecular formula is C29H30FNO4. The number of aromatic hydroxyl groups is 2. The molecular weight excluding hydrogens is 445 g/mol. The monoisotopic (exact) mass is 475 g/mol. The standard InChI is InChI=1S/C29H30FNO4/c1-18-11-12-31(17-18)13-14-34-23-7-3-20(4-8-23)29-28(21-5-10-26(33)25(30)15-21)19(2)24-9-6-22(32)16-27(24)35-29/h3-10,15-16,18,29,32-33H,11-14,17H2,1-2H3/t18-,29?/m1/s1. The number of hydrogen-bond donors (Lipinski definition) is 2. The average molecular weight is 476 g/mol. The van der Waals surface area contributed by atoms with Crippen LogP contribution in [-0.4, -0.2) is 41.4 Å². The third-order valence-corrected chi connectivity index (χ3v) is 6.91. The number of rotatable bonds is 6. The molecule has 0 saturated carbocycles. The van der Waals surface area contributed by atoms with Crippen LogP contribution in [0.3, 0.4) is 0 Å². The number of benzene rings is 3. The first-order valence-corrected chi connectivity index (χ1v) is 12.0. The lowest BCUT2D eigenvalue weighted by atomic mass is 9.86. The second-order valence-electron chi connectivity index (χ2n) is 9.50. The molecule has 2 heterocycles. The molecule has 5 nitrogen and oxygen atoms in total. The van der Waals surface area contributed by atoms with E-state index in [1.165, 1.54) is 18.6 Å². The van der Waals surface area contributed by atoms with E-state index in [1.807, 2.05) is 31.2 Å². The van der Waals surface area contributed by atoms with Crippen molar-refractivity contribution in [2.45, 2.75) is 26.4 Å². The van der Waals surface area contributed by atoms with Gasteiger partial charge in [-0.1, -0.05) is 25.1 Å². The third kappa shape index (κ3) is 4.84. The van der Waals surface area contributed by atoms with Gasteiger partial charge in [-0.3, -0.25) is 4.90 Å². The number of nitrogens with zero attached hydrogens (tertiary/aromatic N) is 1. The summed E-state index contributed by atoms with van der Waals surface area (Å²) >= 11 is 0. The van der Waals surface area contributed by atoms with Gasteiger partial charge in [-0.15, -0.1) is 0 Å². The highest BCUT2D eigenvalue weighted by Crippen LogP contribution is 2.47. The molecule has 0 radical (unpaired) electrons. The molecule has 1 fully saturated rings. The maximum absolute atomic E-state index is 14.3. The predicted octanol–water partition coefficient (Wildman–Crippen LogP) is 6.02. The molecule has 0 spiro atoms. The molecule has 3 aromatic carbocycles. The first-order valence-electron chi connectivity index (χ1n) is 12.0. The Kier molecular flexibility index (Phi) is 6.39. The Labute approximate surface area is 205 Å². The van der Waals surface area contributed by atoms with Gasteiger partial charge in [0.2, 0.25) is 0 Å². The van der Waals surface area contributed by atoms with Crippen molar-refractivity contribution >= 4 is 11.1 Å². The maximum Gasteiger partial charge on any atom is 0.165 e. The van der Waals surface area contributed by atoms with E-state index >= 15 is 0 Å². The zero-order valence-electron chi connectivity index (χ0n) is 20.0. The average Bonchev–Trinajstić information content (AvgIpc) is 3.26. The fourth-order valence-corrected chi connectivity index (χ4v) is 4.98. The van der Waals surface area contributed by atoms with Gasteiger partial charge >= 0.3 is 0 Å². The van der Waals surface area contributed by atoms with E-state index in [9.17, 15) is 14.6 Å². The van der Waals surface area contributed by atoms with E-state index in [-0.39, 0.29) is 5.75 Å². The summed E-state index contributed by atoms with van der Waals surface area (Å²) in [6.07, 6.45) is 0.727. The summed E-state index contributed by atoms with van der Waals surface area (Å²) in [5.41, 5.74) is 4.06. The number of fused-ring (bicyclic) bond motifs is 1. The van der Waals surface area contributed by atoms with Gasteiger partial charge < -0.3 is 19.7 Å². The minimum absolute atomic E-state index is 0.116. The second kappa shape index (κ2) is 9.62. The quantitative estimate of drug-likeness (QED) is 0.456. The highest BCUT2D eigenvalue weighted by molar-refractivity contribution is 5.95. The molecule has 1 unspecified atom stereocenters. The summed E-state index contributed by atoms with van der Waals surface area (Å²) in [5.74, 6) is 1.14. The van der Waals surface area contributed by atoms with Gasteiger partial charge in [0, 0.05) is 30.3 Å². The van der Waals surface area contributed by atoms with E-state index in [0.717, 1.165) is 53.6 Å².